The first-order valence-electron chi connectivity index (χ1n) is 9.06. The molecular formula is C19H30N4O2. The molecule has 0 radical (unpaired) electrons. The van der Waals surface area contributed by atoms with E-state index >= 15 is 0 Å². The van der Waals surface area contributed by atoms with Crippen LogP contribution in [0.1, 0.15) is 38.7 Å². The maximum atomic E-state index is 12.3. The average molecular weight is 346 g/mol. The van der Waals surface area contributed by atoms with Crippen LogP contribution in [0, 0.1) is 12.8 Å². The molecule has 138 valence electrons. The van der Waals surface area contributed by atoms with E-state index in [1.54, 1.807) is 13.0 Å². The van der Waals surface area contributed by atoms with E-state index in [0.717, 1.165) is 37.2 Å². The molecule has 1 saturated heterocycles. The molecule has 4 N–H and O–H groups in total. The van der Waals surface area contributed by atoms with E-state index in [1.807, 2.05) is 26.0 Å². The van der Waals surface area contributed by atoms with Crippen molar-refractivity contribution in [2.45, 2.75) is 46.1 Å². The van der Waals surface area contributed by atoms with E-state index in [1.165, 1.54) is 6.42 Å². The van der Waals surface area contributed by atoms with Gasteiger partial charge in [-0.25, -0.2) is 0 Å². The van der Waals surface area contributed by atoms with Crippen molar-refractivity contribution in [2.75, 3.05) is 30.3 Å². The number of anilines is 2. The largest absolute Gasteiger partial charge is 0.327 e. The fourth-order valence-corrected chi connectivity index (χ4v) is 2.84. The van der Waals surface area contributed by atoms with Gasteiger partial charge in [-0.2, -0.15) is 0 Å². The average Bonchev–Trinajstić information content (AvgIpc) is 2.57. The van der Waals surface area contributed by atoms with E-state index in [2.05, 4.69) is 15.5 Å². The highest BCUT2D eigenvalue weighted by Crippen LogP contribution is 2.21. The monoisotopic (exact) mass is 346 g/mol. The molecule has 0 saturated carbocycles. The Hall–Kier alpha value is -1.92. The predicted molar refractivity (Wildman–Crippen MR) is 102 cm³/mol. The summed E-state index contributed by atoms with van der Waals surface area (Å²) in [6.45, 7) is 7.93. The summed E-state index contributed by atoms with van der Waals surface area (Å²) in [6.07, 6.45) is 3.57. The Balaban J connectivity index is 1.98. The van der Waals surface area contributed by atoms with Crippen LogP contribution in [-0.4, -0.2) is 42.4 Å². The van der Waals surface area contributed by atoms with Crippen LogP contribution in [0.15, 0.2) is 18.2 Å². The second-order valence-corrected chi connectivity index (χ2v) is 7.05. The van der Waals surface area contributed by atoms with E-state index in [0.29, 0.717) is 12.2 Å². The van der Waals surface area contributed by atoms with Gasteiger partial charge in [-0.3, -0.25) is 14.5 Å². The van der Waals surface area contributed by atoms with Gasteiger partial charge in [0.1, 0.15) is 0 Å². The highest BCUT2D eigenvalue weighted by Gasteiger charge is 2.18. The molecule has 0 bridgehead atoms. The topological polar surface area (TPSA) is 87.5 Å². The molecule has 1 aromatic carbocycles. The summed E-state index contributed by atoms with van der Waals surface area (Å²) in [7, 11) is 0. The van der Waals surface area contributed by atoms with Gasteiger partial charge in [0, 0.05) is 17.4 Å². The summed E-state index contributed by atoms with van der Waals surface area (Å²) < 4.78 is 0. The Kier molecular flexibility index (Phi) is 6.96. The summed E-state index contributed by atoms with van der Waals surface area (Å²) in [6, 6.07) is 5.31. The van der Waals surface area contributed by atoms with Gasteiger partial charge in [0.15, 0.2) is 0 Å². The lowest BCUT2D eigenvalue weighted by molar-refractivity contribution is -0.120. The zero-order valence-electron chi connectivity index (χ0n) is 15.5. The molecule has 2 unspecified atom stereocenters. The molecule has 1 aliphatic rings. The number of nitrogens with one attached hydrogen (secondary N) is 2. The maximum Gasteiger partial charge on any atom is 0.238 e. The number of hydrogen-bond acceptors (Lipinski definition) is 4. The van der Waals surface area contributed by atoms with Gasteiger partial charge in [0.2, 0.25) is 11.8 Å². The SMILES string of the molecule is Cc1ccc(NC(=O)C(C)C(C)N)cc1NC(=O)CN1CCCCC1. The van der Waals surface area contributed by atoms with Crippen LogP contribution >= 0.6 is 0 Å². The van der Waals surface area contributed by atoms with Crippen molar-refractivity contribution in [2.24, 2.45) is 11.7 Å². The van der Waals surface area contributed by atoms with E-state index in [9.17, 15) is 9.59 Å². The fourth-order valence-electron chi connectivity index (χ4n) is 2.84. The molecule has 1 heterocycles. The van der Waals surface area contributed by atoms with Crippen LogP contribution in [-0.2, 0) is 9.59 Å². The summed E-state index contributed by atoms with van der Waals surface area (Å²) in [4.78, 5) is 26.6. The molecule has 0 aromatic heterocycles. The Morgan fingerprint density at radius 1 is 1.16 bits per heavy atom. The van der Waals surface area contributed by atoms with E-state index in [-0.39, 0.29) is 23.8 Å². The first-order valence-corrected chi connectivity index (χ1v) is 9.06. The Labute approximate surface area is 150 Å². The van der Waals surface area contributed by atoms with Crippen LogP contribution in [0.4, 0.5) is 11.4 Å². The van der Waals surface area contributed by atoms with Crippen molar-refractivity contribution in [1.29, 1.82) is 0 Å². The quantitative estimate of drug-likeness (QED) is 0.738. The molecule has 1 aromatic rings. The number of carbonyl (C=O) groups is 2. The second-order valence-electron chi connectivity index (χ2n) is 7.05. The van der Waals surface area contributed by atoms with E-state index < -0.39 is 0 Å². The lowest BCUT2D eigenvalue weighted by Gasteiger charge is -2.25. The third kappa shape index (κ3) is 5.83. The van der Waals surface area contributed by atoms with Gasteiger partial charge in [-0.1, -0.05) is 19.4 Å². The Bertz CT molecular complexity index is 609. The first kappa shape index (κ1) is 19.4. The molecule has 2 rings (SSSR count). The number of amides is 2. The summed E-state index contributed by atoms with van der Waals surface area (Å²) in [5.41, 5.74) is 8.13. The first-order chi connectivity index (χ1) is 11.9. The molecule has 6 nitrogen and oxygen atoms in total. The third-order valence-electron chi connectivity index (χ3n) is 4.80. The Morgan fingerprint density at radius 2 is 1.84 bits per heavy atom. The fraction of sp³-hybridized carbons (Fsp3) is 0.579. The van der Waals surface area contributed by atoms with Gasteiger partial charge in [-0.15, -0.1) is 0 Å². The van der Waals surface area contributed by atoms with Crippen molar-refractivity contribution in [3.05, 3.63) is 23.8 Å². The van der Waals surface area contributed by atoms with Crippen molar-refractivity contribution in [1.82, 2.24) is 4.90 Å². The maximum absolute atomic E-state index is 12.3. The summed E-state index contributed by atoms with van der Waals surface area (Å²) in [5, 5.41) is 5.83. The number of hydrogen-bond donors (Lipinski definition) is 3. The minimum absolute atomic E-state index is 0.0163. The number of carbonyl (C=O) groups excluding carboxylic acids is 2. The van der Waals surface area contributed by atoms with Crippen LogP contribution in [0.5, 0.6) is 0 Å². The molecule has 6 heteroatoms. The smallest absolute Gasteiger partial charge is 0.238 e. The molecule has 2 atom stereocenters. The number of nitrogens with zero attached hydrogens (tertiary/aromatic N) is 1. The minimum Gasteiger partial charge on any atom is -0.327 e. The van der Waals surface area contributed by atoms with Gasteiger partial charge < -0.3 is 16.4 Å². The standard InChI is InChI=1S/C19H30N4O2/c1-13-7-8-16(21-19(25)14(2)15(3)20)11-17(13)22-18(24)12-23-9-5-4-6-10-23/h7-8,11,14-15H,4-6,9-10,12,20H2,1-3H3,(H,21,25)(H,22,24). The van der Waals surface area contributed by atoms with Gasteiger partial charge >= 0.3 is 0 Å². The number of nitrogens with two attached hydrogens (primary N) is 1. The van der Waals surface area contributed by atoms with Crippen molar-refractivity contribution in [3.63, 3.8) is 0 Å². The van der Waals surface area contributed by atoms with Crippen LogP contribution in [0.3, 0.4) is 0 Å². The lowest BCUT2D eigenvalue weighted by atomic mass is 10.0. The lowest BCUT2D eigenvalue weighted by Crippen LogP contribution is -2.37. The highest BCUT2D eigenvalue weighted by atomic mass is 16.2. The Morgan fingerprint density at radius 3 is 2.48 bits per heavy atom. The van der Waals surface area contributed by atoms with Crippen molar-refractivity contribution >= 4 is 23.2 Å². The normalized spacial score (nSPS) is 17.6. The molecular weight excluding hydrogens is 316 g/mol. The molecule has 0 aliphatic carbocycles. The van der Waals surface area contributed by atoms with Gasteiger partial charge in [-0.05, 0) is 57.5 Å². The number of aryl methyl sites for hydroxylation is 1. The number of likely N-dealkylation sites (tertiary alicyclic amines) is 1. The molecule has 1 aliphatic heterocycles. The zero-order valence-corrected chi connectivity index (χ0v) is 15.5. The summed E-state index contributed by atoms with van der Waals surface area (Å²) in [5.74, 6) is -0.416. The third-order valence-corrected chi connectivity index (χ3v) is 4.80. The number of rotatable bonds is 6. The number of piperidine rings is 1. The summed E-state index contributed by atoms with van der Waals surface area (Å²) >= 11 is 0. The van der Waals surface area contributed by atoms with Crippen LogP contribution < -0.4 is 16.4 Å². The second kappa shape index (κ2) is 8.97. The van der Waals surface area contributed by atoms with Crippen LogP contribution in [0.2, 0.25) is 0 Å². The predicted octanol–water partition coefficient (Wildman–Crippen LogP) is 2.34. The molecule has 25 heavy (non-hydrogen) atoms. The molecule has 1 fully saturated rings. The van der Waals surface area contributed by atoms with Gasteiger partial charge in [0.25, 0.3) is 0 Å². The van der Waals surface area contributed by atoms with Crippen molar-refractivity contribution < 1.29 is 9.59 Å². The molecule has 0 spiro atoms. The highest BCUT2D eigenvalue weighted by molar-refractivity contribution is 5.96. The van der Waals surface area contributed by atoms with E-state index in [4.69, 9.17) is 5.73 Å². The van der Waals surface area contributed by atoms with Crippen LogP contribution in [0.25, 0.3) is 0 Å². The minimum atomic E-state index is -0.279. The van der Waals surface area contributed by atoms with Crippen molar-refractivity contribution in [3.8, 4) is 0 Å². The number of benzene rings is 1. The van der Waals surface area contributed by atoms with Gasteiger partial charge in [0.05, 0.1) is 12.5 Å². The molecule has 2 amide bonds. The zero-order chi connectivity index (χ0) is 18.4.